The van der Waals surface area contributed by atoms with Gasteiger partial charge in [0, 0.05) is 20.1 Å². The van der Waals surface area contributed by atoms with Crippen LogP contribution in [0.15, 0.2) is 11.2 Å². The minimum absolute atomic E-state index is 0. The standard InChI is InChI=1S/C15H24N6O2.HI/c1-16-14(20-7-6-15(11-20)4-3-5-15)17-8-12-9-21(19-18-12)10-13(22)23-2;/h9H,3-8,10-11H2,1-2H3,(H,16,17);1H. The number of hydrogen-bond acceptors (Lipinski definition) is 5. The normalized spacial score (nSPS) is 18.9. The van der Waals surface area contributed by atoms with E-state index in [1.54, 1.807) is 6.20 Å². The number of likely N-dealkylation sites (tertiary alicyclic amines) is 1. The molecule has 8 nitrogen and oxygen atoms in total. The van der Waals surface area contributed by atoms with Crippen molar-refractivity contribution < 1.29 is 9.53 Å². The van der Waals surface area contributed by atoms with Gasteiger partial charge in [-0.3, -0.25) is 9.79 Å². The first-order valence-electron chi connectivity index (χ1n) is 8.05. The molecule has 2 heterocycles. The van der Waals surface area contributed by atoms with E-state index in [9.17, 15) is 4.79 Å². The SMILES string of the molecule is CN=C(NCc1cn(CC(=O)OC)nn1)N1CCC2(CCC2)C1.I. The van der Waals surface area contributed by atoms with Gasteiger partial charge in [-0.25, -0.2) is 4.68 Å². The number of ether oxygens (including phenoxy) is 1. The number of nitrogens with one attached hydrogen (secondary N) is 1. The number of aliphatic imine (C=N–C) groups is 1. The first-order valence-corrected chi connectivity index (χ1v) is 8.05. The van der Waals surface area contributed by atoms with E-state index in [0.29, 0.717) is 12.0 Å². The Labute approximate surface area is 159 Å². The van der Waals surface area contributed by atoms with Crippen LogP contribution in [0.1, 0.15) is 31.4 Å². The summed E-state index contributed by atoms with van der Waals surface area (Å²) >= 11 is 0. The van der Waals surface area contributed by atoms with Crippen molar-refractivity contribution in [2.75, 3.05) is 27.2 Å². The summed E-state index contributed by atoms with van der Waals surface area (Å²) in [7, 11) is 3.17. The third kappa shape index (κ3) is 4.17. The largest absolute Gasteiger partial charge is 0.468 e. The third-order valence-corrected chi connectivity index (χ3v) is 4.90. The van der Waals surface area contributed by atoms with Gasteiger partial charge in [0.1, 0.15) is 12.2 Å². The quantitative estimate of drug-likeness (QED) is 0.321. The average Bonchev–Trinajstić information content (AvgIpc) is 3.15. The van der Waals surface area contributed by atoms with Gasteiger partial charge in [0.15, 0.2) is 5.96 Å². The Morgan fingerprint density at radius 1 is 1.46 bits per heavy atom. The first kappa shape index (κ1) is 18.9. The van der Waals surface area contributed by atoms with Crippen LogP contribution < -0.4 is 5.32 Å². The van der Waals surface area contributed by atoms with E-state index in [1.807, 2.05) is 7.05 Å². The number of hydrogen-bond donors (Lipinski definition) is 1. The molecule has 1 aliphatic carbocycles. The topological polar surface area (TPSA) is 84.6 Å². The van der Waals surface area contributed by atoms with Gasteiger partial charge in [-0.15, -0.1) is 29.1 Å². The summed E-state index contributed by atoms with van der Waals surface area (Å²) in [6.45, 7) is 2.78. The second-order valence-electron chi connectivity index (χ2n) is 6.41. The van der Waals surface area contributed by atoms with E-state index >= 15 is 0 Å². The maximum absolute atomic E-state index is 11.2. The maximum Gasteiger partial charge on any atom is 0.327 e. The van der Waals surface area contributed by atoms with Crippen LogP contribution in [0.2, 0.25) is 0 Å². The third-order valence-electron chi connectivity index (χ3n) is 4.90. The van der Waals surface area contributed by atoms with Crippen LogP contribution >= 0.6 is 24.0 Å². The molecule has 9 heteroatoms. The molecule has 0 radical (unpaired) electrons. The second-order valence-corrected chi connectivity index (χ2v) is 6.41. The fraction of sp³-hybridized carbons (Fsp3) is 0.733. The zero-order valence-corrected chi connectivity index (χ0v) is 16.5. The summed E-state index contributed by atoms with van der Waals surface area (Å²) in [5.41, 5.74) is 1.31. The molecule has 1 aromatic heterocycles. The number of nitrogens with zero attached hydrogens (tertiary/aromatic N) is 5. The Balaban J connectivity index is 0.00000208. The molecular weight excluding hydrogens is 423 g/mol. The molecule has 0 aromatic carbocycles. The number of aromatic nitrogens is 3. The monoisotopic (exact) mass is 448 g/mol. The highest BCUT2D eigenvalue weighted by Gasteiger charge is 2.43. The van der Waals surface area contributed by atoms with Gasteiger partial charge in [-0.2, -0.15) is 0 Å². The van der Waals surface area contributed by atoms with Crippen LogP contribution in [0.3, 0.4) is 0 Å². The molecule has 1 spiro atoms. The number of guanidine groups is 1. The van der Waals surface area contributed by atoms with Crippen molar-refractivity contribution in [1.29, 1.82) is 0 Å². The summed E-state index contributed by atoms with van der Waals surface area (Å²) in [5, 5.41) is 11.3. The van der Waals surface area contributed by atoms with E-state index in [2.05, 4.69) is 30.3 Å². The number of methoxy groups -OCH3 is 1. The Hall–Kier alpha value is -1.39. The zero-order chi connectivity index (χ0) is 16.3. The van der Waals surface area contributed by atoms with Crippen LogP contribution in [0.4, 0.5) is 0 Å². The van der Waals surface area contributed by atoms with Gasteiger partial charge in [0.2, 0.25) is 0 Å². The summed E-state index contributed by atoms with van der Waals surface area (Å²) in [6, 6.07) is 0. The maximum atomic E-state index is 11.2. The Morgan fingerprint density at radius 2 is 2.25 bits per heavy atom. The van der Waals surface area contributed by atoms with Gasteiger partial charge >= 0.3 is 5.97 Å². The van der Waals surface area contributed by atoms with Crippen LogP contribution in [0, 0.1) is 5.41 Å². The van der Waals surface area contributed by atoms with Gasteiger partial charge in [0.25, 0.3) is 0 Å². The van der Waals surface area contributed by atoms with Gasteiger partial charge in [-0.05, 0) is 24.7 Å². The molecule has 2 aliphatic rings. The van der Waals surface area contributed by atoms with E-state index in [-0.39, 0.29) is 36.5 Å². The number of esters is 1. The molecule has 3 rings (SSSR count). The lowest BCUT2D eigenvalue weighted by molar-refractivity contribution is -0.141. The van der Waals surface area contributed by atoms with Crippen molar-refractivity contribution in [3.05, 3.63) is 11.9 Å². The molecule has 2 fully saturated rings. The molecule has 0 amide bonds. The van der Waals surface area contributed by atoms with Gasteiger partial charge < -0.3 is 15.0 Å². The lowest BCUT2D eigenvalue weighted by atomic mass is 9.68. The minimum Gasteiger partial charge on any atom is -0.468 e. The van der Waals surface area contributed by atoms with E-state index in [1.165, 1.54) is 37.5 Å². The average molecular weight is 448 g/mol. The van der Waals surface area contributed by atoms with Crippen molar-refractivity contribution in [2.45, 2.75) is 38.8 Å². The number of carbonyl (C=O) groups is 1. The lowest BCUT2D eigenvalue weighted by Gasteiger charge is -2.38. The Kier molecular flexibility index (Phi) is 6.41. The molecule has 0 atom stereocenters. The molecule has 24 heavy (non-hydrogen) atoms. The molecule has 134 valence electrons. The predicted octanol–water partition coefficient (Wildman–Crippen LogP) is 1.02. The van der Waals surface area contributed by atoms with Crippen molar-refractivity contribution >= 4 is 35.9 Å². The first-order chi connectivity index (χ1) is 11.1. The summed E-state index contributed by atoms with van der Waals surface area (Å²) < 4.78 is 6.09. The van der Waals surface area contributed by atoms with E-state index < -0.39 is 0 Å². The number of halogens is 1. The van der Waals surface area contributed by atoms with E-state index in [4.69, 9.17) is 0 Å². The fourth-order valence-electron chi connectivity index (χ4n) is 3.40. The van der Waals surface area contributed by atoms with Crippen LogP contribution in [-0.2, 0) is 22.6 Å². The van der Waals surface area contributed by atoms with Crippen molar-refractivity contribution in [3.63, 3.8) is 0 Å². The molecule has 1 N–H and O–H groups in total. The zero-order valence-electron chi connectivity index (χ0n) is 14.2. The number of carbonyl (C=O) groups excluding carboxylic acids is 1. The smallest absolute Gasteiger partial charge is 0.327 e. The molecule has 1 saturated carbocycles. The minimum atomic E-state index is -0.340. The lowest BCUT2D eigenvalue weighted by Crippen LogP contribution is -2.42. The van der Waals surface area contributed by atoms with E-state index in [0.717, 1.165) is 24.7 Å². The van der Waals surface area contributed by atoms with Crippen LogP contribution in [-0.4, -0.2) is 59.1 Å². The molecule has 0 unspecified atom stereocenters. The Morgan fingerprint density at radius 3 is 2.83 bits per heavy atom. The Bertz CT molecular complexity index is 599. The summed E-state index contributed by atoms with van der Waals surface area (Å²) in [4.78, 5) is 17.9. The number of rotatable bonds is 4. The van der Waals surface area contributed by atoms with Gasteiger partial charge in [0.05, 0.1) is 19.9 Å². The fourth-order valence-corrected chi connectivity index (χ4v) is 3.40. The van der Waals surface area contributed by atoms with Crippen molar-refractivity contribution in [1.82, 2.24) is 25.2 Å². The van der Waals surface area contributed by atoms with Crippen LogP contribution in [0.5, 0.6) is 0 Å². The molecule has 1 aromatic rings. The molecule has 1 saturated heterocycles. The molecule has 0 bridgehead atoms. The van der Waals surface area contributed by atoms with Crippen molar-refractivity contribution in [3.8, 4) is 0 Å². The highest BCUT2D eigenvalue weighted by molar-refractivity contribution is 14.0. The summed E-state index contributed by atoms with van der Waals surface area (Å²) in [6.07, 6.45) is 7.07. The highest BCUT2D eigenvalue weighted by atomic mass is 127. The highest BCUT2D eigenvalue weighted by Crippen LogP contribution is 2.47. The van der Waals surface area contributed by atoms with Crippen LogP contribution in [0.25, 0.3) is 0 Å². The van der Waals surface area contributed by atoms with Crippen molar-refractivity contribution in [2.24, 2.45) is 10.4 Å². The van der Waals surface area contributed by atoms with Gasteiger partial charge in [-0.1, -0.05) is 11.6 Å². The summed E-state index contributed by atoms with van der Waals surface area (Å²) in [5.74, 6) is 0.573. The predicted molar refractivity (Wildman–Crippen MR) is 100 cm³/mol. The second kappa shape index (κ2) is 8.13. The molecular formula is C15H25IN6O2. The molecule has 1 aliphatic heterocycles.